The molecular formula is C13H18Cl3FN2O2S. The van der Waals surface area contributed by atoms with Crippen molar-refractivity contribution in [2.24, 2.45) is 11.7 Å². The average Bonchev–Trinajstić information content (AvgIpc) is 2.87. The van der Waals surface area contributed by atoms with Gasteiger partial charge in [-0.3, -0.25) is 0 Å². The number of nitrogens with one attached hydrogen (secondary N) is 1. The van der Waals surface area contributed by atoms with Crippen LogP contribution >= 0.6 is 35.6 Å². The van der Waals surface area contributed by atoms with E-state index in [1.165, 1.54) is 0 Å². The number of nitrogens with two attached hydrogens (primary N) is 1. The summed E-state index contributed by atoms with van der Waals surface area (Å²) >= 11 is 11.7. The lowest BCUT2D eigenvalue weighted by atomic mass is 9.99. The van der Waals surface area contributed by atoms with E-state index in [4.69, 9.17) is 28.9 Å². The Hall–Kier alpha value is -0.110. The monoisotopic (exact) mass is 390 g/mol. The Bertz CT molecular complexity index is 599. The molecule has 0 aliphatic heterocycles. The largest absolute Gasteiger partial charge is 0.329 e. The number of sulfonamides is 1. The first-order valence-electron chi connectivity index (χ1n) is 6.72. The molecule has 126 valence electrons. The van der Waals surface area contributed by atoms with Crippen LogP contribution in [0.15, 0.2) is 17.0 Å². The Labute approximate surface area is 146 Å². The molecule has 0 heterocycles. The van der Waals surface area contributed by atoms with Crippen molar-refractivity contribution in [3.8, 4) is 0 Å². The minimum Gasteiger partial charge on any atom is -0.329 e. The van der Waals surface area contributed by atoms with Gasteiger partial charge in [0.2, 0.25) is 10.0 Å². The molecule has 0 radical (unpaired) electrons. The molecule has 3 N–H and O–H groups in total. The van der Waals surface area contributed by atoms with E-state index in [1.807, 2.05) is 0 Å². The molecule has 0 bridgehead atoms. The van der Waals surface area contributed by atoms with Gasteiger partial charge in [-0.1, -0.05) is 36.0 Å². The van der Waals surface area contributed by atoms with Gasteiger partial charge in [0.1, 0.15) is 10.7 Å². The minimum atomic E-state index is -3.95. The van der Waals surface area contributed by atoms with Crippen molar-refractivity contribution in [2.45, 2.75) is 36.6 Å². The molecule has 0 saturated heterocycles. The molecule has 1 unspecified atom stereocenters. The van der Waals surface area contributed by atoms with Gasteiger partial charge >= 0.3 is 0 Å². The molecule has 9 heteroatoms. The Morgan fingerprint density at radius 2 is 1.77 bits per heavy atom. The summed E-state index contributed by atoms with van der Waals surface area (Å²) in [6.07, 6.45) is 4.02. The van der Waals surface area contributed by atoms with Crippen molar-refractivity contribution in [1.82, 2.24) is 4.72 Å². The molecule has 1 saturated carbocycles. The topological polar surface area (TPSA) is 72.2 Å². The van der Waals surface area contributed by atoms with E-state index in [-0.39, 0.29) is 45.9 Å². The molecule has 0 aromatic heterocycles. The van der Waals surface area contributed by atoms with Crippen LogP contribution in [0.25, 0.3) is 0 Å². The maximum absolute atomic E-state index is 13.2. The quantitative estimate of drug-likeness (QED) is 0.808. The van der Waals surface area contributed by atoms with E-state index in [0.717, 1.165) is 37.8 Å². The van der Waals surface area contributed by atoms with Crippen LogP contribution in [0.5, 0.6) is 0 Å². The lowest BCUT2D eigenvalue weighted by molar-refractivity contribution is 0.405. The van der Waals surface area contributed by atoms with Gasteiger partial charge in [-0.2, -0.15) is 0 Å². The highest BCUT2D eigenvalue weighted by molar-refractivity contribution is 7.89. The summed E-state index contributed by atoms with van der Waals surface area (Å²) in [6.45, 7) is 0.195. The van der Waals surface area contributed by atoms with Crippen LogP contribution < -0.4 is 10.5 Å². The molecule has 2 rings (SSSR count). The lowest BCUT2D eigenvalue weighted by Gasteiger charge is -2.23. The zero-order valence-corrected chi connectivity index (χ0v) is 14.8. The zero-order chi connectivity index (χ0) is 15.6. The van der Waals surface area contributed by atoms with Gasteiger partial charge < -0.3 is 5.73 Å². The predicted octanol–water partition coefficient (Wildman–Crippen LogP) is 3.35. The first-order chi connectivity index (χ1) is 9.85. The van der Waals surface area contributed by atoms with Gasteiger partial charge in [-0.15, -0.1) is 12.4 Å². The van der Waals surface area contributed by atoms with Gasteiger partial charge in [0.05, 0.1) is 10.0 Å². The molecule has 22 heavy (non-hydrogen) atoms. The Balaban J connectivity index is 0.00000242. The van der Waals surface area contributed by atoms with Crippen molar-refractivity contribution < 1.29 is 12.8 Å². The molecular weight excluding hydrogens is 374 g/mol. The lowest BCUT2D eigenvalue weighted by Crippen LogP contribution is -2.44. The van der Waals surface area contributed by atoms with Crippen LogP contribution in [0.2, 0.25) is 10.0 Å². The summed E-state index contributed by atoms with van der Waals surface area (Å²) in [5.74, 6) is -0.474. The Morgan fingerprint density at radius 3 is 2.23 bits per heavy atom. The second-order valence-electron chi connectivity index (χ2n) is 5.21. The maximum atomic E-state index is 13.2. The van der Waals surface area contributed by atoms with E-state index < -0.39 is 15.8 Å². The third-order valence-corrected chi connectivity index (χ3v) is 6.17. The summed E-state index contributed by atoms with van der Waals surface area (Å²) < 4.78 is 40.6. The summed E-state index contributed by atoms with van der Waals surface area (Å²) in [5, 5.41) is -0.482. The Morgan fingerprint density at radius 1 is 1.27 bits per heavy atom. The molecule has 1 atom stereocenters. The third kappa shape index (κ3) is 4.46. The highest BCUT2D eigenvalue weighted by Gasteiger charge is 2.30. The minimum absolute atomic E-state index is 0. The van der Waals surface area contributed by atoms with E-state index in [9.17, 15) is 12.8 Å². The van der Waals surface area contributed by atoms with Crippen molar-refractivity contribution in [3.05, 3.63) is 28.0 Å². The van der Waals surface area contributed by atoms with Gasteiger partial charge in [-0.25, -0.2) is 17.5 Å². The molecule has 1 aromatic carbocycles. The van der Waals surface area contributed by atoms with Crippen molar-refractivity contribution in [3.63, 3.8) is 0 Å². The van der Waals surface area contributed by atoms with Crippen LogP contribution in [0.4, 0.5) is 4.39 Å². The number of benzene rings is 1. The second-order valence-corrected chi connectivity index (χ2v) is 7.67. The van der Waals surface area contributed by atoms with E-state index in [2.05, 4.69) is 4.72 Å². The fraction of sp³-hybridized carbons (Fsp3) is 0.538. The first-order valence-corrected chi connectivity index (χ1v) is 8.96. The summed E-state index contributed by atoms with van der Waals surface area (Å²) in [6, 6.07) is 1.49. The van der Waals surface area contributed by atoms with Crippen molar-refractivity contribution in [1.29, 1.82) is 0 Å². The number of rotatable bonds is 5. The normalized spacial score (nSPS) is 17.3. The van der Waals surface area contributed by atoms with Crippen LogP contribution in [0, 0.1) is 11.7 Å². The number of hydrogen-bond acceptors (Lipinski definition) is 3. The van der Waals surface area contributed by atoms with Gasteiger partial charge in [0, 0.05) is 12.6 Å². The fourth-order valence-corrected chi connectivity index (χ4v) is 5.25. The van der Waals surface area contributed by atoms with Crippen molar-refractivity contribution in [2.75, 3.05) is 6.54 Å². The van der Waals surface area contributed by atoms with E-state index >= 15 is 0 Å². The van der Waals surface area contributed by atoms with Gasteiger partial charge in [0.15, 0.2) is 0 Å². The van der Waals surface area contributed by atoms with Crippen LogP contribution in [-0.4, -0.2) is 21.0 Å². The van der Waals surface area contributed by atoms with Crippen LogP contribution in [-0.2, 0) is 10.0 Å². The summed E-state index contributed by atoms with van der Waals surface area (Å²) in [5.41, 5.74) is 5.69. The first kappa shape index (κ1) is 19.9. The van der Waals surface area contributed by atoms with Crippen LogP contribution in [0.3, 0.4) is 0 Å². The average molecular weight is 392 g/mol. The maximum Gasteiger partial charge on any atom is 0.243 e. The molecule has 0 spiro atoms. The predicted molar refractivity (Wildman–Crippen MR) is 88.8 cm³/mol. The van der Waals surface area contributed by atoms with Gasteiger partial charge in [0.25, 0.3) is 0 Å². The van der Waals surface area contributed by atoms with Gasteiger partial charge in [-0.05, 0) is 30.9 Å². The molecule has 0 amide bonds. The molecule has 1 fully saturated rings. The Kier molecular flexibility index (Phi) is 7.36. The fourth-order valence-electron chi connectivity index (χ4n) is 2.74. The van der Waals surface area contributed by atoms with Crippen molar-refractivity contribution >= 4 is 45.6 Å². The summed E-state index contributed by atoms with van der Waals surface area (Å²) in [7, 11) is -3.95. The SMILES string of the molecule is Cl.NCC(NS(=O)(=O)c1c(Cl)cc(F)cc1Cl)C1CCCC1. The molecule has 1 aliphatic carbocycles. The highest BCUT2D eigenvalue weighted by Crippen LogP contribution is 2.32. The number of hydrogen-bond donors (Lipinski definition) is 2. The standard InChI is InChI=1S/C13H17Cl2FN2O2S.ClH/c14-10-5-9(16)6-11(15)13(10)21(19,20)18-12(7-17)8-3-1-2-4-8;/h5-6,8,12,18H,1-4,7,17H2;1H. The third-order valence-electron chi connectivity index (χ3n) is 3.76. The molecule has 4 nitrogen and oxygen atoms in total. The molecule has 1 aromatic rings. The number of halogens is 4. The van der Waals surface area contributed by atoms with E-state index in [1.54, 1.807) is 0 Å². The van der Waals surface area contributed by atoms with E-state index in [0.29, 0.717) is 0 Å². The second kappa shape index (κ2) is 8.13. The summed E-state index contributed by atoms with van der Waals surface area (Å²) in [4.78, 5) is -0.302. The zero-order valence-electron chi connectivity index (χ0n) is 11.7. The van der Waals surface area contributed by atoms with Crippen LogP contribution in [0.1, 0.15) is 25.7 Å². The smallest absolute Gasteiger partial charge is 0.243 e. The molecule has 1 aliphatic rings. The highest BCUT2D eigenvalue weighted by atomic mass is 35.5.